The Morgan fingerprint density at radius 3 is 2.14 bits per heavy atom. The summed E-state index contributed by atoms with van der Waals surface area (Å²) in [5.74, 6) is -0.325. The number of benzene rings is 1. The van der Waals surface area contributed by atoms with Crippen LogP contribution in [0, 0.1) is 0 Å². The van der Waals surface area contributed by atoms with E-state index in [0.717, 1.165) is 23.7 Å². The van der Waals surface area contributed by atoms with Crippen LogP contribution in [0.2, 0.25) is 18.1 Å². The van der Waals surface area contributed by atoms with Crippen LogP contribution in [-0.4, -0.2) is 21.4 Å². The van der Waals surface area contributed by atoms with Gasteiger partial charge < -0.3 is 9.16 Å². The molecule has 0 radical (unpaired) electrons. The van der Waals surface area contributed by atoms with E-state index in [-0.39, 0.29) is 12.1 Å². The molecule has 0 heterocycles. The molecule has 1 unspecified atom stereocenters. The van der Waals surface area contributed by atoms with Crippen LogP contribution in [0.3, 0.4) is 0 Å². The number of carbonyl (C=O) groups excluding carboxylic acids is 1. The minimum Gasteiger partial charge on any atom is -0.466 e. The van der Waals surface area contributed by atoms with Gasteiger partial charge in [0.25, 0.3) is 0 Å². The molecular formula is C17H25IO3Si. The normalized spacial score (nSPS) is 13.8. The maximum absolute atomic E-state index is 12.1. The van der Waals surface area contributed by atoms with Gasteiger partial charge in [-0.3, -0.25) is 0 Å². The Morgan fingerprint density at radius 1 is 1.18 bits per heavy atom. The molecule has 0 aliphatic carbocycles. The highest BCUT2D eigenvalue weighted by molar-refractivity contribution is 14.1. The fraction of sp³-hybridized carbons (Fsp3) is 0.471. The predicted molar refractivity (Wildman–Crippen MR) is 102 cm³/mol. The van der Waals surface area contributed by atoms with E-state index in [1.165, 1.54) is 7.11 Å². The van der Waals surface area contributed by atoms with Crippen molar-refractivity contribution < 1.29 is 14.0 Å². The zero-order chi connectivity index (χ0) is 16.6. The molecule has 1 rings (SSSR count). The molecule has 0 aromatic heterocycles. The maximum Gasteiger partial charge on any atom is 0.337 e. The fourth-order valence-electron chi connectivity index (χ4n) is 2.52. The number of ether oxygens (including phenoxy) is 1. The van der Waals surface area contributed by atoms with Gasteiger partial charge in [0.1, 0.15) is 6.10 Å². The van der Waals surface area contributed by atoms with Gasteiger partial charge in [0, 0.05) is 0 Å². The van der Waals surface area contributed by atoms with E-state index in [1.807, 2.05) is 30.3 Å². The highest BCUT2D eigenvalue weighted by atomic mass is 127. The summed E-state index contributed by atoms with van der Waals surface area (Å²) in [6.07, 6.45) is -0.350. The molecular weight excluding hydrogens is 407 g/mol. The van der Waals surface area contributed by atoms with Gasteiger partial charge in [-0.2, -0.15) is 0 Å². The predicted octanol–water partition coefficient (Wildman–Crippen LogP) is 5.24. The lowest BCUT2D eigenvalue weighted by Gasteiger charge is -2.34. The number of rotatable bonds is 8. The van der Waals surface area contributed by atoms with Crippen molar-refractivity contribution in [3.63, 3.8) is 0 Å². The quantitative estimate of drug-likeness (QED) is 0.244. The van der Waals surface area contributed by atoms with E-state index in [1.54, 1.807) is 4.08 Å². The molecule has 0 amide bonds. The molecule has 0 fully saturated rings. The van der Waals surface area contributed by atoms with Crippen molar-refractivity contribution in [3.8, 4) is 0 Å². The smallest absolute Gasteiger partial charge is 0.337 e. The summed E-state index contributed by atoms with van der Waals surface area (Å²) in [6, 6.07) is 13.1. The average Bonchev–Trinajstić information content (AvgIpc) is 2.59. The van der Waals surface area contributed by atoms with Crippen LogP contribution in [0.4, 0.5) is 0 Å². The van der Waals surface area contributed by atoms with Crippen LogP contribution in [0.5, 0.6) is 0 Å². The summed E-state index contributed by atoms with van der Waals surface area (Å²) in [5.41, 5.74) is 1.57. The SMILES string of the molecule is CC[Si](CC)(CC)OC(/C(=C\I)C(=O)OC)c1ccccc1. The van der Waals surface area contributed by atoms with E-state index >= 15 is 0 Å². The molecule has 0 spiro atoms. The van der Waals surface area contributed by atoms with E-state index in [0.29, 0.717) is 5.57 Å². The summed E-state index contributed by atoms with van der Waals surface area (Å²) in [7, 11) is -0.441. The molecule has 0 bridgehead atoms. The Hall–Kier alpha value is -0.663. The standard InChI is InChI=1S/C17H25IO3Si/c1-5-22(6-2,7-3)21-16(14-11-9-8-10-12-14)15(13-18)17(19)20-4/h8-13,16H,5-7H2,1-4H3/b15-13+. The van der Waals surface area contributed by atoms with Gasteiger partial charge in [-0.1, -0.05) is 73.7 Å². The first-order valence-electron chi connectivity index (χ1n) is 7.68. The molecule has 0 saturated carbocycles. The molecule has 0 aliphatic rings. The third-order valence-corrected chi connectivity index (χ3v) is 9.50. The average molecular weight is 432 g/mol. The summed E-state index contributed by atoms with van der Waals surface area (Å²) in [4.78, 5) is 12.1. The Balaban J connectivity index is 3.26. The lowest BCUT2D eigenvalue weighted by Crippen LogP contribution is -2.38. The highest BCUT2D eigenvalue weighted by Crippen LogP contribution is 2.35. The lowest BCUT2D eigenvalue weighted by atomic mass is 10.0. The van der Waals surface area contributed by atoms with Gasteiger partial charge in [0.2, 0.25) is 0 Å². The van der Waals surface area contributed by atoms with E-state index in [9.17, 15) is 4.79 Å². The lowest BCUT2D eigenvalue weighted by molar-refractivity contribution is -0.137. The van der Waals surface area contributed by atoms with Gasteiger partial charge in [-0.25, -0.2) is 4.79 Å². The second-order valence-electron chi connectivity index (χ2n) is 5.21. The molecule has 1 aromatic carbocycles. The van der Waals surface area contributed by atoms with Crippen molar-refractivity contribution in [2.45, 2.75) is 45.0 Å². The summed E-state index contributed by atoms with van der Waals surface area (Å²) >= 11 is 2.09. The first kappa shape index (κ1) is 19.4. The molecule has 0 saturated heterocycles. The van der Waals surface area contributed by atoms with Gasteiger partial charge in [0.15, 0.2) is 8.32 Å². The topological polar surface area (TPSA) is 35.5 Å². The monoisotopic (exact) mass is 432 g/mol. The van der Waals surface area contributed by atoms with Crippen LogP contribution in [0.25, 0.3) is 0 Å². The highest BCUT2D eigenvalue weighted by Gasteiger charge is 2.35. The van der Waals surface area contributed by atoms with Crippen molar-refractivity contribution in [1.29, 1.82) is 0 Å². The fourth-order valence-corrected chi connectivity index (χ4v) is 5.86. The number of methoxy groups -OCH3 is 1. The van der Waals surface area contributed by atoms with E-state index < -0.39 is 8.32 Å². The van der Waals surface area contributed by atoms with Crippen molar-refractivity contribution >= 4 is 36.9 Å². The molecule has 1 aromatic rings. The molecule has 5 heteroatoms. The first-order chi connectivity index (χ1) is 10.6. The first-order valence-corrected chi connectivity index (χ1v) is 11.5. The zero-order valence-electron chi connectivity index (χ0n) is 13.8. The van der Waals surface area contributed by atoms with Crippen LogP contribution >= 0.6 is 22.6 Å². The van der Waals surface area contributed by atoms with Crippen molar-refractivity contribution in [2.75, 3.05) is 7.11 Å². The number of hydrogen-bond donors (Lipinski definition) is 0. The number of halogens is 1. The molecule has 0 N–H and O–H groups in total. The Labute approximate surface area is 148 Å². The maximum atomic E-state index is 12.1. The van der Waals surface area contributed by atoms with E-state index in [4.69, 9.17) is 9.16 Å². The molecule has 122 valence electrons. The van der Waals surface area contributed by atoms with Gasteiger partial charge in [0.05, 0.1) is 12.7 Å². The number of carbonyl (C=O) groups is 1. The molecule has 0 aliphatic heterocycles. The second-order valence-corrected chi connectivity index (χ2v) is 10.6. The number of hydrogen-bond acceptors (Lipinski definition) is 3. The summed E-state index contributed by atoms with van der Waals surface area (Å²) in [6.45, 7) is 6.56. The largest absolute Gasteiger partial charge is 0.466 e. The minimum absolute atomic E-state index is 0.325. The van der Waals surface area contributed by atoms with Crippen LogP contribution < -0.4 is 0 Å². The minimum atomic E-state index is -1.85. The van der Waals surface area contributed by atoms with Gasteiger partial charge in [-0.05, 0) is 27.8 Å². The third kappa shape index (κ3) is 4.66. The van der Waals surface area contributed by atoms with E-state index in [2.05, 4.69) is 43.4 Å². The van der Waals surface area contributed by atoms with Crippen molar-refractivity contribution in [2.24, 2.45) is 0 Å². The Morgan fingerprint density at radius 2 is 1.73 bits per heavy atom. The molecule has 22 heavy (non-hydrogen) atoms. The second kappa shape index (κ2) is 9.47. The van der Waals surface area contributed by atoms with Crippen LogP contribution in [0.15, 0.2) is 40.0 Å². The zero-order valence-corrected chi connectivity index (χ0v) is 16.9. The van der Waals surface area contributed by atoms with Crippen molar-refractivity contribution in [1.82, 2.24) is 0 Å². The van der Waals surface area contributed by atoms with Crippen LogP contribution in [0.1, 0.15) is 32.4 Å². The summed E-state index contributed by atoms with van der Waals surface area (Å²) < 4.78 is 13.3. The Kier molecular flexibility index (Phi) is 8.34. The summed E-state index contributed by atoms with van der Waals surface area (Å²) in [5, 5.41) is 0. The Bertz CT molecular complexity index is 490. The third-order valence-electron chi connectivity index (χ3n) is 4.22. The van der Waals surface area contributed by atoms with Gasteiger partial charge in [-0.15, -0.1) is 0 Å². The van der Waals surface area contributed by atoms with Crippen LogP contribution in [-0.2, 0) is 14.0 Å². The van der Waals surface area contributed by atoms with Gasteiger partial charge >= 0.3 is 5.97 Å². The number of esters is 1. The molecule has 3 nitrogen and oxygen atoms in total. The van der Waals surface area contributed by atoms with Crippen molar-refractivity contribution in [3.05, 3.63) is 45.6 Å². The molecule has 1 atom stereocenters.